The Morgan fingerprint density at radius 1 is 1.00 bits per heavy atom. The molecular weight excluding hydrogens is 357 g/mol. The van der Waals surface area contributed by atoms with Crippen LogP contribution in [0.25, 0.3) is 16.8 Å². The minimum absolute atomic E-state index is 0. The smallest absolute Gasteiger partial charge is 0.106 e. The van der Waals surface area contributed by atoms with E-state index in [0.29, 0.717) is 0 Å². The van der Waals surface area contributed by atoms with Crippen molar-refractivity contribution < 1.29 is 37.4 Å². The summed E-state index contributed by atoms with van der Waals surface area (Å²) in [6.45, 7) is 12.1. The van der Waals surface area contributed by atoms with Crippen molar-refractivity contribution in [3.05, 3.63) is 65.8 Å². The third-order valence-corrected chi connectivity index (χ3v) is 3.37. The number of allylic oxidation sites excluding steroid dienone is 1. The van der Waals surface area contributed by atoms with Gasteiger partial charge in [0, 0.05) is 38.8 Å². The monoisotopic (exact) mass is 384 g/mol. The Labute approximate surface area is 166 Å². The predicted molar refractivity (Wildman–Crippen MR) is 99.0 cm³/mol. The number of hydrogen-bond acceptors (Lipinski definition) is 1. The maximum Gasteiger partial charge on any atom is 0.106 e. The molecule has 0 unspecified atom stereocenters. The maximum absolute atomic E-state index is 5.95. The summed E-state index contributed by atoms with van der Waals surface area (Å²) >= 11 is 0. The SMILES string of the molecule is C/C=C(\C)[C-]1C=Cc2c(ccc3ccccc23)O1.CC.CC.[Y]. The zero-order valence-corrected chi connectivity index (χ0v) is 18.0. The second-order valence-electron chi connectivity index (χ2n) is 4.47. The van der Waals surface area contributed by atoms with E-state index >= 15 is 0 Å². The molecule has 0 amide bonds. The Morgan fingerprint density at radius 3 is 2.30 bits per heavy atom. The Morgan fingerprint density at radius 2 is 1.65 bits per heavy atom. The molecule has 1 aliphatic heterocycles. The summed E-state index contributed by atoms with van der Waals surface area (Å²) in [5, 5.41) is 2.49. The number of fused-ring (bicyclic) bond motifs is 3. The van der Waals surface area contributed by atoms with Gasteiger partial charge in [0.05, 0.1) is 0 Å². The van der Waals surface area contributed by atoms with Gasteiger partial charge in [-0.25, -0.2) is 0 Å². The Hall–Kier alpha value is -1.05. The van der Waals surface area contributed by atoms with Crippen LogP contribution < -0.4 is 4.74 Å². The molecule has 2 heteroatoms. The third-order valence-electron chi connectivity index (χ3n) is 3.37. The van der Waals surface area contributed by atoms with E-state index in [-0.39, 0.29) is 32.7 Å². The van der Waals surface area contributed by atoms with Crippen LogP contribution in [0.1, 0.15) is 47.1 Å². The van der Waals surface area contributed by atoms with Crippen LogP contribution in [0.15, 0.2) is 54.1 Å². The van der Waals surface area contributed by atoms with E-state index in [2.05, 4.69) is 49.4 Å². The van der Waals surface area contributed by atoms with Gasteiger partial charge < -0.3 is 4.74 Å². The fourth-order valence-electron chi connectivity index (χ4n) is 2.20. The van der Waals surface area contributed by atoms with Gasteiger partial charge in [0.15, 0.2) is 0 Å². The molecule has 0 saturated heterocycles. The fraction of sp³-hybridized carbons (Fsp3) is 0.286. The van der Waals surface area contributed by atoms with E-state index in [1.54, 1.807) is 0 Å². The second kappa shape index (κ2) is 11.5. The quantitative estimate of drug-likeness (QED) is 0.492. The van der Waals surface area contributed by atoms with Crippen molar-refractivity contribution in [3.63, 3.8) is 0 Å². The number of benzene rings is 2. The largest absolute Gasteiger partial charge is 0.517 e. The van der Waals surface area contributed by atoms with E-state index in [1.165, 1.54) is 16.3 Å². The average molecular weight is 384 g/mol. The van der Waals surface area contributed by atoms with Crippen molar-refractivity contribution >= 4 is 16.8 Å². The fourth-order valence-corrected chi connectivity index (χ4v) is 2.20. The number of hydrogen-bond donors (Lipinski definition) is 0. The van der Waals surface area contributed by atoms with Gasteiger partial charge in [-0.15, -0.1) is 17.7 Å². The molecule has 3 rings (SSSR count). The van der Waals surface area contributed by atoms with Crippen LogP contribution in [-0.4, -0.2) is 0 Å². The van der Waals surface area contributed by atoms with Crippen molar-refractivity contribution in [1.29, 1.82) is 0 Å². The zero-order chi connectivity index (χ0) is 16.5. The van der Waals surface area contributed by atoms with Crippen molar-refractivity contribution in [1.82, 2.24) is 0 Å². The normalized spacial score (nSPS) is 11.9. The predicted octanol–water partition coefficient (Wildman–Crippen LogP) is 6.79. The first-order valence-electron chi connectivity index (χ1n) is 8.17. The summed E-state index contributed by atoms with van der Waals surface area (Å²) < 4.78 is 5.95. The summed E-state index contributed by atoms with van der Waals surface area (Å²) in [7, 11) is 0. The van der Waals surface area contributed by atoms with Gasteiger partial charge >= 0.3 is 0 Å². The van der Waals surface area contributed by atoms with Crippen LogP contribution in [0.5, 0.6) is 5.75 Å². The van der Waals surface area contributed by atoms with Gasteiger partial charge in [-0.2, -0.15) is 6.08 Å². The average Bonchev–Trinajstić information content (AvgIpc) is 2.63. The van der Waals surface area contributed by atoms with Gasteiger partial charge in [-0.1, -0.05) is 71.9 Å². The first-order valence-corrected chi connectivity index (χ1v) is 8.17. The first kappa shape index (κ1) is 22.0. The van der Waals surface area contributed by atoms with E-state index in [1.807, 2.05) is 46.8 Å². The minimum Gasteiger partial charge on any atom is -0.517 e. The molecule has 0 spiro atoms. The van der Waals surface area contributed by atoms with E-state index in [4.69, 9.17) is 4.74 Å². The summed E-state index contributed by atoms with van der Waals surface area (Å²) in [6, 6.07) is 12.5. The van der Waals surface area contributed by atoms with Crippen LogP contribution in [0, 0.1) is 6.10 Å². The molecule has 121 valence electrons. The van der Waals surface area contributed by atoms with E-state index in [0.717, 1.165) is 17.4 Å². The molecule has 0 bridgehead atoms. The summed E-state index contributed by atoms with van der Waals surface area (Å²) in [4.78, 5) is 0. The van der Waals surface area contributed by atoms with Gasteiger partial charge in [0.1, 0.15) is 5.75 Å². The van der Waals surface area contributed by atoms with E-state index < -0.39 is 0 Å². The molecule has 23 heavy (non-hydrogen) atoms. The Bertz CT molecular complexity index is 656. The second-order valence-corrected chi connectivity index (χ2v) is 4.47. The molecular formula is C21H27OY-. The van der Waals surface area contributed by atoms with Crippen LogP contribution in [0.2, 0.25) is 0 Å². The molecule has 0 atom stereocenters. The van der Waals surface area contributed by atoms with Gasteiger partial charge in [-0.3, -0.25) is 0 Å². The molecule has 0 N–H and O–H groups in total. The number of ether oxygens (including phenoxy) is 1. The standard InChI is InChI=1S/C17H15O.2C2H6.Y/c1-3-12(2)16-11-9-15-14-7-5-4-6-13(14)8-10-17(15)18-16;2*1-2;/h3-11H,1-2H3;2*1-2H3;/q-1;;;/b12-3+;;;. The maximum atomic E-state index is 5.95. The molecule has 0 fully saturated rings. The Kier molecular flexibility index (Phi) is 11.0. The van der Waals surface area contributed by atoms with Crippen molar-refractivity contribution in [2.24, 2.45) is 0 Å². The van der Waals surface area contributed by atoms with Crippen molar-refractivity contribution in [2.75, 3.05) is 0 Å². The molecule has 1 aliphatic rings. The van der Waals surface area contributed by atoms with E-state index in [9.17, 15) is 0 Å². The molecule has 2 aromatic carbocycles. The Balaban J connectivity index is 0.000000901. The number of rotatable bonds is 1. The third kappa shape index (κ3) is 5.23. The molecule has 1 heterocycles. The zero-order valence-electron chi connectivity index (χ0n) is 15.2. The molecule has 0 aromatic heterocycles. The summed E-state index contributed by atoms with van der Waals surface area (Å²) in [5.74, 6) is 0.937. The molecule has 2 aromatic rings. The first-order chi connectivity index (χ1) is 10.8. The molecule has 1 nitrogen and oxygen atoms in total. The van der Waals surface area contributed by atoms with Crippen LogP contribution >= 0.6 is 0 Å². The van der Waals surface area contributed by atoms with Gasteiger partial charge in [0.2, 0.25) is 0 Å². The summed E-state index contributed by atoms with van der Waals surface area (Å²) in [6.07, 6.45) is 7.18. The van der Waals surface area contributed by atoms with Crippen molar-refractivity contribution in [2.45, 2.75) is 41.5 Å². The molecule has 0 saturated carbocycles. The van der Waals surface area contributed by atoms with Gasteiger partial charge in [0.25, 0.3) is 0 Å². The van der Waals surface area contributed by atoms with Crippen molar-refractivity contribution in [3.8, 4) is 5.75 Å². The van der Waals surface area contributed by atoms with Gasteiger partial charge in [-0.05, 0) is 22.4 Å². The van der Waals surface area contributed by atoms with Crippen LogP contribution in [0.4, 0.5) is 0 Å². The summed E-state index contributed by atoms with van der Waals surface area (Å²) in [5.41, 5.74) is 2.32. The topological polar surface area (TPSA) is 9.23 Å². The van der Waals surface area contributed by atoms with Crippen LogP contribution in [0.3, 0.4) is 0 Å². The molecule has 1 radical (unpaired) electrons. The minimum atomic E-state index is 0. The van der Waals surface area contributed by atoms with Crippen LogP contribution in [-0.2, 0) is 32.7 Å². The molecule has 0 aliphatic carbocycles.